The highest BCUT2D eigenvalue weighted by molar-refractivity contribution is 8.00. The van der Waals surface area contributed by atoms with Crippen LogP contribution in [-0.4, -0.2) is 29.2 Å². The molecule has 0 fully saturated rings. The first-order valence-corrected chi connectivity index (χ1v) is 12.8. The number of aromatic nitrogens is 1. The van der Waals surface area contributed by atoms with Crippen molar-refractivity contribution in [2.75, 3.05) is 17.7 Å². The maximum absolute atomic E-state index is 12.7. The fourth-order valence-electron chi connectivity index (χ4n) is 3.07. The van der Waals surface area contributed by atoms with Crippen molar-refractivity contribution >= 4 is 73.1 Å². The van der Waals surface area contributed by atoms with E-state index >= 15 is 0 Å². The number of carbonyl (C=O) groups excluding carboxylic acids is 2. The molecular weight excluding hydrogens is 484 g/mol. The number of para-hydroxylation sites is 1. The largest absolute Gasteiger partial charge is 0.462 e. The van der Waals surface area contributed by atoms with Crippen LogP contribution in [0.4, 0.5) is 5.00 Å². The van der Waals surface area contributed by atoms with E-state index in [4.69, 9.17) is 21.3 Å². The predicted octanol–water partition coefficient (Wildman–Crippen LogP) is 6.89. The average Bonchev–Trinajstić information content (AvgIpc) is 3.34. The molecule has 0 aliphatic carbocycles. The van der Waals surface area contributed by atoms with Crippen molar-refractivity contribution in [1.82, 2.24) is 4.98 Å². The van der Waals surface area contributed by atoms with Crippen LogP contribution in [0.1, 0.15) is 22.2 Å². The predicted molar refractivity (Wildman–Crippen MR) is 134 cm³/mol. The minimum Gasteiger partial charge on any atom is -0.462 e. The van der Waals surface area contributed by atoms with E-state index in [1.54, 1.807) is 19.1 Å². The lowest BCUT2D eigenvalue weighted by Gasteiger charge is -2.06. The number of ether oxygens (including phenoxy) is 1. The zero-order valence-corrected chi connectivity index (χ0v) is 20.5. The smallest absolute Gasteiger partial charge is 0.348 e. The number of nitrogens with zero attached hydrogens (tertiary/aromatic N) is 1. The Bertz CT molecular complexity index is 1250. The first-order chi connectivity index (χ1) is 15.5. The summed E-state index contributed by atoms with van der Waals surface area (Å²) in [5.74, 6) is -0.329. The first-order valence-electron chi connectivity index (χ1n) is 9.81. The van der Waals surface area contributed by atoms with E-state index in [-0.39, 0.29) is 18.3 Å². The summed E-state index contributed by atoms with van der Waals surface area (Å²) in [5.41, 5.74) is 2.41. The monoisotopic (exact) mass is 502 g/mol. The van der Waals surface area contributed by atoms with Crippen molar-refractivity contribution in [2.24, 2.45) is 0 Å². The Morgan fingerprint density at radius 1 is 1.12 bits per heavy atom. The summed E-state index contributed by atoms with van der Waals surface area (Å²) >= 11 is 10.1. The molecular formula is C23H19ClN2O3S3. The Hall–Kier alpha value is -2.39. The van der Waals surface area contributed by atoms with Crippen LogP contribution in [0, 0.1) is 6.92 Å². The van der Waals surface area contributed by atoms with Gasteiger partial charge in [-0.15, -0.1) is 34.4 Å². The molecule has 0 bridgehead atoms. The van der Waals surface area contributed by atoms with Gasteiger partial charge in [-0.2, -0.15) is 0 Å². The second-order valence-electron chi connectivity index (χ2n) is 6.76. The number of anilines is 1. The molecule has 0 aliphatic heterocycles. The number of carbonyl (C=O) groups is 2. The molecule has 4 aromatic rings. The molecule has 0 unspecified atom stereocenters. The third-order valence-corrected chi connectivity index (χ3v) is 8.06. The molecule has 2 heterocycles. The van der Waals surface area contributed by atoms with Crippen LogP contribution in [-0.2, 0) is 9.53 Å². The number of thiophene rings is 1. The maximum atomic E-state index is 12.7. The number of halogens is 1. The number of thioether (sulfide) groups is 1. The van der Waals surface area contributed by atoms with Gasteiger partial charge < -0.3 is 10.1 Å². The van der Waals surface area contributed by atoms with Crippen LogP contribution in [0.5, 0.6) is 0 Å². The van der Waals surface area contributed by atoms with E-state index in [1.165, 1.54) is 34.4 Å². The van der Waals surface area contributed by atoms with Gasteiger partial charge in [0.05, 0.1) is 22.6 Å². The summed E-state index contributed by atoms with van der Waals surface area (Å²) in [7, 11) is 0. The number of hydrogen-bond acceptors (Lipinski definition) is 7. The summed E-state index contributed by atoms with van der Waals surface area (Å²) in [6.07, 6.45) is 0. The third kappa shape index (κ3) is 4.99. The van der Waals surface area contributed by atoms with Crippen LogP contribution in [0.15, 0.2) is 53.4 Å². The Morgan fingerprint density at radius 2 is 1.88 bits per heavy atom. The summed E-state index contributed by atoms with van der Waals surface area (Å²) in [4.78, 5) is 31.4. The summed E-state index contributed by atoms with van der Waals surface area (Å²) in [6, 6.07) is 15.2. The van der Waals surface area contributed by atoms with Gasteiger partial charge in [0.15, 0.2) is 0 Å². The number of thiazole rings is 1. The lowest BCUT2D eigenvalue weighted by Crippen LogP contribution is -2.13. The third-order valence-electron chi connectivity index (χ3n) is 4.55. The van der Waals surface area contributed by atoms with Gasteiger partial charge in [0, 0.05) is 15.5 Å². The maximum Gasteiger partial charge on any atom is 0.348 e. The van der Waals surface area contributed by atoms with Crippen molar-refractivity contribution in [3.63, 3.8) is 0 Å². The Labute approximate surface area is 202 Å². The van der Waals surface area contributed by atoms with Crippen molar-refractivity contribution in [3.05, 3.63) is 64.0 Å². The van der Waals surface area contributed by atoms with Gasteiger partial charge in [-0.05, 0) is 55.8 Å². The number of amides is 1. The molecule has 2 aromatic carbocycles. The number of hydrogen-bond donors (Lipinski definition) is 1. The van der Waals surface area contributed by atoms with Gasteiger partial charge in [-0.1, -0.05) is 23.7 Å². The van der Waals surface area contributed by atoms with Gasteiger partial charge in [-0.3, -0.25) is 4.79 Å². The molecule has 1 amide bonds. The van der Waals surface area contributed by atoms with Crippen molar-refractivity contribution in [1.29, 1.82) is 0 Å². The Balaban J connectivity index is 1.63. The summed E-state index contributed by atoms with van der Waals surface area (Å²) in [5, 5.41) is 5.00. The standard InChI is InChI=1S/C23H19ClN2O3S3/c1-3-29-23(28)20-13(2)19(21-25-16-6-4-5-7-17(16)31-21)22(32-20)26-18(27)12-30-15-10-8-14(24)9-11-15/h4-11H,3,12H2,1-2H3,(H,26,27). The van der Waals surface area contributed by atoms with Crippen LogP contribution in [0.3, 0.4) is 0 Å². The second kappa shape index (κ2) is 10.0. The number of rotatable bonds is 7. The minimum absolute atomic E-state index is 0.163. The first kappa shape index (κ1) is 22.8. The zero-order chi connectivity index (χ0) is 22.7. The van der Waals surface area contributed by atoms with Crippen LogP contribution in [0.2, 0.25) is 5.02 Å². The Kier molecular flexibility index (Phi) is 7.15. The average molecular weight is 503 g/mol. The van der Waals surface area contributed by atoms with E-state index in [0.717, 1.165) is 31.2 Å². The molecule has 0 saturated heterocycles. The van der Waals surface area contributed by atoms with Gasteiger partial charge >= 0.3 is 5.97 Å². The summed E-state index contributed by atoms with van der Waals surface area (Å²) < 4.78 is 6.26. The molecule has 32 heavy (non-hydrogen) atoms. The minimum atomic E-state index is -0.395. The van der Waals surface area contributed by atoms with Gasteiger partial charge in [0.1, 0.15) is 14.9 Å². The van der Waals surface area contributed by atoms with Crippen molar-refractivity contribution in [2.45, 2.75) is 18.7 Å². The molecule has 2 aromatic heterocycles. The van der Waals surface area contributed by atoms with E-state index in [0.29, 0.717) is 14.9 Å². The number of esters is 1. The number of benzene rings is 2. The molecule has 9 heteroatoms. The normalized spacial score (nSPS) is 11.0. The highest BCUT2D eigenvalue weighted by atomic mass is 35.5. The molecule has 4 rings (SSSR count). The summed E-state index contributed by atoms with van der Waals surface area (Å²) in [6.45, 7) is 3.92. The molecule has 5 nitrogen and oxygen atoms in total. The van der Waals surface area contributed by atoms with Crippen LogP contribution >= 0.6 is 46.0 Å². The lowest BCUT2D eigenvalue weighted by molar-refractivity contribution is -0.113. The van der Waals surface area contributed by atoms with E-state index < -0.39 is 5.97 Å². The lowest BCUT2D eigenvalue weighted by atomic mass is 10.1. The number of fused-ring (bicyclic) bond motifs is 1. The molecule has 0 spiro atoms. The van der Waals surface area contributed by atoms with Crippen molar-refractivity contribution < 1.29 is 14.3 Å². The highest BCUT2D eigenvalue weighted by Gasteiger charge is 2.25. The quantitative estimate of drug-likeness (QED) is 0.220. The van der Waals surface area contributed by atoms with Crippen LogP contribution in [0.25, 0.3) is 20.8 Å². The zero-order valence-electron chi connectivity index (χ0n) is 17.3. The van der Waals surface area contributed by atoms with E-state index in [9.17, 15) is 9.59 Å². The Morgan fingerprint density at radius 3 is 2.59 bits per heavy atom. The second-order valence-corrected chi connectivity index (χ2v) is 10.3. The SMILES string of the molecule is CCOC(=O)c1sc(NC(=O)CSc2ccc(Cl)cc2)c(-c2nc3ccccc3s2)c1C. The topological polar surface area (TPSA) is 68.3 Å². The van der Waals surface area contributed by atoms with E-state index in [1.807, 2.05) is 43.3 Å². The molecule has 1 N–H and O–H groups in total. The van der Waals surface area contributed by atoms with E-state index in [2.05, 4.69) is 5.32 Å². The highest BCUT2D eigenvalue weighted by Crippen LogP contribution is 2.43. The van der Waals surface area contributed by atoms with Gasteiger partial charge in [-0.25, -0.2) is 9.78 Å². The van der Waals surface area contributed by atoms with Gasteiger partial charge in [0.25, 0.3) is 0 Å². The molecule has 0 radical (unpaired) electrons. The number of nitrogens with one attached hydrogen (secondary N) is 1. The van der Waals surface area contributed by atoms with Gasteiger partial charge in [0.2, 0.25) is 5.91 Å². The fourth-order valence-corrected chi connectivity index (χ4v) is 6.15. The molecule has 0 atom stereocenters. The molecule has 164 valence electrons. The molecule has 0 saturated carbocycles. The van der Waals surface area contributed by atoms with Crippen molar-refractivity contribution in [3.8, 4) is 10.6 Å². The fraction of sp³-hybridized carbons (Fsp3) is 0.174. The van der Waals surface area contributed by atoms with Crippen LogP contribution < -0.4 is 5.32 Å². The molecule has 0 aliphatic rings.